The minimum atomic E-state index is -1.39. The highest BCUT2D eigenvalue weighted by Gasteiger charge is 2.28. The molecule has 0 fully saturated rings. The van der Waals surface area contributed by atoms with Gasteiger partial charge in [0.2, 0.25) is 0 Å². The predicted octanol–water partition coefficient (Wildman–Crippen LogP) is 3.92. The second-order valence-electron chi connectivity index (χ2n) is 7.38. The van der Waals surface area contributed by atoms with Gasteiger partial charge in [-0.1, -0.05) is 54.6 Å². The number of carbonyl (C=O) groups is 1. The van der Waals surface area contributed by atoms with Gasteiger partial charge < -0.3 is 19.9 Å². The average Bonchev–Trinajstić information content (AvgIpc) is 2.82. The molecule has 0 saturated carbocycles. The number of benzene rings is 3. The van der Waals surface area contributed by atoms with Crippen LogP contribution < -0.4 is 14.8 Å². The number of nitrogens with one attached hydrogen (secondary N) is 1. The summed E-state index contributed by atoms with van der Waals surface area (Å²) in [5.74, 6) is -0.383. The molecular weight excluding hydrogens is 412 g/mol. The smallest absolute Gasteiger partial charge is 0.286 e. The number of rotatable bonds is 8. The normalized spacial score (nSPS) is 12.5. The maximum absolute atomic E-state index is 12.7. The molecule has 2 N–H and O–H groups in total. The molecule has 8 nitrogen and oxygen atoms in total. The molecule has 1 unspecified atom stereocenters. The SMILES string of the molecule is COc1cc(C(=O)NCC(C)(O)c2ccc(-c3ccccc3)cc2)c([N+](=O)[O-])cc1OC. The summed E-state index contributed by atoms with van der Waals surface area (Å²) >= 11 is 0. The van der Waals surface area contributed by atoms with Gasteiger partial charge in [0.05, 0.1) is 31.8 Å². The van der Waals surface area contributed by atoms with Crippen LogP contribution >= 0.6 is 0 Å². The van der Waals surface area contributed by atoms with E-state index in [9.17, 15) is 20.0 Å². The van der Waals surface area contributed by atoms with Gasteiger partial charge in [-0.15, -0.1) is 0 Å². The fourth-order valence-corrected chi connectivity index (χ4v) is 3.30. The van der Waals surface area contributed by atoms with Gasteiger partial charge in [0.25, 0.3) is 11.6 Å². The van der Waals surface area contributed by atoms with E-state index in [0.29, 0.717) is 5.56 Å². The molecule has 0 spiro atoms. The lowest BCUT2D eigenvalue weighted by Gasteiger charge is -2.24. The summed E-state index contributed by atoms with van der Waals surface area (Å²) in [5.41, 5.74) is 0.632. The zero-order chi connectivity index (χ0) is 23.3. The monoisotopic (exact) mass is 436 g/mol. The first-order chi connectivity index (χ1) is 15.3. The van der Waals surface area contributed by atoms with E-state index in [0.717, 1.165) is 17.2 Å². The Labute approximate surface area is 185 Å². The largest absolute Gasteiger partial charge is 0.493 e. The first-order valence-corrected chi connectivity index (χ1v) is 9.84. The molecular formula is C24H24N2O6. The van der Waals surface area contributed by atoms with Crippen LogP contribution in [0.15, 0.2) is 66.7 Å². The van der Waals surface area contributed by atoms with Crippen LogP contribution in [0.2, 0.25) is 0 Å². The number of methoxy groups -OCH3 is 2. The van der Waals surface area contributed by atoms with E-state index in [1.807, 2.05) is 42.5 Å². The number of hydrogen-bond acceptors (Lipinski definition) is 6. The number of nitro groups is 1. The van der Waals surface area contributed by atoms with E-state index in [-0.39, 0.29) is 23.6 Å². The van der Waals surface area contributed by atoms with Crippen molar-refractivity contribution in [1.29, 1.82) is 0 Å². The summed E-state index contributed by atoms with van der Waals surface area (Å²) < 4.78 is 10.2. The molecule has 0 aliphatic heterocycles. The third kappa shape index (κ3) is 4.87. The van der Waals surface area contributed by atoms with Gasteiger partial charge in [-0.05, 0) is 23.6 Å². The van der Waals surface area contributed by atoms with Gasteiger partial charge in [0.15, 0.2) is 11.5 Å². The quantitative estimate of drug-likeness (QED) is 0.409. The summed E-state index contributed by atoms with van der Waals surface area (Å²) in [7, 11) is 2.72. The van der Waals surface area contributed by atoms with Crippen LogP contribution in [-0.2, 0) is 5.60 Å². The van der Waals surface area contributed by atoms with Gasteiger partial charge in [-0.25, -0.2) is 0 Å². The molecule has 1 amide bonds. The van der Waals surface area contributed by atoms with Crippen molar-refractivity contribution in [2.45, 2.75) is 12.5 Å². The third-order valence-electron chi connectivity index (χ3n) is 5.15. The maximum Gasteiger partial charge on any atom is 0.286 e. The molecule has 0 aliphatic rings. The molecule has 166 valence electrons. The topological polar surface area (TPSA) is 111 Å². The Hall–Kier alpha value is -3.91. The highest BCUT2D eigenvalue weighted by Crippen LogP contribution is 2.34. The van der Waals surface area contributed by atoms with Crippen LogP contribution in [0.25, 0.3) is 11.1 Å². The second kappa shape index (κ2) is 9.49. The van der Waals surface area contributed by atoms with E-state index in [4.69, 9.17) is 9.47 Å². The Balaban J connectivity index is 1.78. The number of aliphatic hydroxyl groups is 1. The van der Waals surface area contributed by atoms with Crippen LogP contribution in [0.5, 0.6) is 11.5 Å². The van der Waals surface area contributed by atoms with Crippen LogP contribution in [0.1, 0.15) is 22.8 Å². The number of hydrogen-bond donors (Lipinski definition) is 2. The van der Waals surface area contributed by atoms with E-state index < -0.39 is 22.1 Å². The van der Waals surface area contributed by atoms with E-state index in [2.05, 4.69) is 5.32 Å². The molecule has 32 heavy (non-hydrogen) atoms. The summed E-state index contributed by atoms with van der Waals surface area (Å²) in [6.07, 6.45) is 0. The molecule has 0 aromatic heterocycles. The van der Waals surface area contributed by atoms with Crippen molar-refractivity contribution in [2.24, 2.45) is 0 Å². The molecule has 0 saturated heterocycles. The summed E-state index contributed by atoms with van der Waals surface area (Å²) in [6, 6.07) is 19.5. The minimum absolute atomic E-state index is 0.140. The van der Waals surface area contributed by atoms with Gasteiger partial charge in [-0.3, -0.25) is 14.9 Å². The van der Waals surface area contributed by atoms with Crippen molar-refractivity contribution < 1.29 is 24.3 Å². The average molecular weight is 436 g/mol. The molecule has 3 aromatic rings. The molecule has 0 aliphatic carbocycles. The standard InChI is InChI=1S/C24H24N2O6/c1-24(28,18-11-9-17(10-12-18)16-7-5-4-6-8-16)15-25-23(27)19-13-21(31-2)22(32-3)14-20(19)26(29)30/h4-14,28H,15H2,1-3H3,(H,25,27). The Morgan fingerprint density at radius 3 is 2.12 bits per heavy atom. The summed E-state index contributed by atoms with van der Waals surface area (Å²) in [5, 5.41) is 24.9. The summed E-state index contributed by atoms with van der Waals surface area (Å²) in [6.45, 7) is 1.41. The van der Waals surface area contributed by atoms with E-state index in [1.165, 1.54) is 20.3 Å². The maximum atomic E-state index is 12.7. The van der Waals surface area contributed by atoms with Crippen molar-refractivity contribution in [3.05, 3.63) is 88.0 Å². The lowest BCUT2D eigenvalue weighted by molar-refractivity contribution is -0.385. The number of nitro benzene ring substituents is 1. The fourth-order valence-electron chi connectivity index (χ4n) is 3.30. The van der Waals surface area contributed by atoms with Gasteiger partial charge in [-0.2, -0.15) is 0 Å². The molecule has 1 atom stereocenters. The van der Waals surface area contributed by atoms with Crippen molar-refractivity contribution in [2.75, 3.05) is 20.8 Å². The molecule has 0 radical (unpaired) electrons. The molecule has 8 heteroatoms. The molecule has 3 rings (SSSR count). The molecule has 3 aromatic carbocycles. The lowest BCUT2D eigenvalue weighted by Crippen LogP contribution is -2.38. The summed E-state index contributed by atoms with van der Waals surface area (Å²) in [4.78, 5) is 23.5. The Bertz CT molecular complexity index is 1110. The van der Waals surface area contributed by atoms with Crippen LogP contribution in [0.4, 0.5) is 5.69 Å². The Morgan fingerprint density at radius 2 is 1.56 bits per heavy atom. The van der Waals surface area contributed by atoms with E-state index in [1.54, 1.807) is 19.1 Å². The first kappa shape index (κ1) is 22.8. The lowest BCUT2D eigenvalue weighted by atomic mass is 9.93. The van der Waals surface area contributed by atoms with Gasteiger partial charge >= 0.3 is 0 Å². The second-order valence-corrected chi connectivity index (χ2v) is 7.38. The third-order valence-corrected chi connectivity index (χ3v) is 5.15. The van der Waals surface area contributed by atoms with Crippen molar-refractivity contribution in [3.63, 3.8) is 0 Å². The van der Waals surface area contributed by atoms with Gasteiger partial charge in [0, 0.05) is 6.07 Å². The van der Waals surface area contributed by atoms with Crippen molar-refractivity contribution in [3.8, 4) is 22.6 Å². The van der Waals surface area contributed by atoms with E-state index >= 15 is 0 Å². The van der Waals surface area contributed by atoms with Crippen molar-refractivity contribution in [1.82, 2.24) is 5.32 Å². The molecule has 0 bridgehead atoms. The number of nitrogens with zero attached hydrogens (tertiary/aromatic N) is 1. The number of carbonyl (C=O) groups excluding carboxylic acids is 1. The van der Waals surface area contributed by atoms with Gasteiger partial charge in [0.1, 0.15) is 11.2 Å². The van der Waals surface area contributed by atoms with Crippen molar-refractivity contribution >= 4 is 11.6 Å². The Morgan fingerprint density at radius 1 is 1.00 bits per heavy atom. The fraction of sp³-hybridized carbons (Fsp3) is 0.208. The first-order valence-electron chi connectivity index (χ1n) is 9.84. The number of amides is 1. The highest BCUT2D eigenvalue weighted by molar-refractivity contribution is 5.99. The van der Waals surface area contributed by atoms with Crippen LogP contribution in [0, 0.1) is 10.1 Å². The zero-order valence-corrected chi connectivity index (χ0v) is 18.0. The molecule has 0 heterocycles. The van der Waals surface area contributed by atoms with Crippen LogP contribution in [0.3, 0.4) is 0 Å². The zero-order valence-electron chi connectivity index (χ0n) is 18.0. The Kier molecular flexibility index (Phi) is 6.75. The minimum Gasteiger partial charge on any atom is -0.493 e. The number of ether oxygens (including phenoxy) is 2. The highest BCUT2D eigenvalue weighted by atomic mass is 16.6. The predicted molar refractivity (Wildman–Crippen MR) is 120 cm³/mol. The van der Waals surface area contributed by atoms with Crippen LogP contribution in [-0.4, -0.2) is 36.7 Å².